The predicted molar refractivity (Wildman–Crippen MR) is 110 cm³/mol. The number of halogens is 1. The molecule has 1 aliphatic rings. The maximum atomic E-state index is 13.6. The molecule has 0 unspecified atom stereocenters. The Hall–Kier alpha value is -2.83. The fraction of sp³-hybridized carbons (Fsp3) is 0.182. The van der Waals surface area contributed by atoms with Crippen LogP contribution in [0.4, 0.5) is 9.52 Å². The van der Waals surface area contributed by atoms with Crippen LogP contribution in [0.5, 0.6) is 0 Å². The number of rotatable bonds is 5. The highest BCUT2D eigenvalue weighted by Crippen LogP contribution is 2.29. The van der Waals surface area contributed by atoms with E-state index in [0.29, 0.717) is 10.7 Å². The molecule has 4 rings (SSSR count). The zero-order valence-corrected chi connectivity index (χ0v) is 16.1. The lowest BCUT2D eigenvalue weighted by Crippen LogP contribution is -2.29. The quantitative estimate of drug-likeness (QED) is 0.650. The third-order valence-corrected chi connectivity index (χ3v) is 5.61. The average Bonchev–Trinajstić information content (AvgIpc) is 3.09. The van der Waals surface area contributed by atoms with Crippen LogP contribution >= 0.6 is 11.3 Å². The predicted octanol–water partition coefficient (Wildman–Crippen LogP) is 4.49. The van der Waals surface area contributed by atoms with Crippen molar-refractivity contribution < 1.29 is 9.18 Å². The Morgan fingerprint density at radius 1 is 1.18 bits per heavy atom. The second-order valence-electron chi connectivity index (χ2n) is 6.68. The van der Waals surface area contributed by atoms with Crippen molar-refractivity contribution in [3.05, 3.63) is 88.2 Å². The normalized spacial score (nSPS) is 14.2. The number of fused-ring (bicyclic) bond motifs is 1. The van der Waals surface area contributed by atoms with Gasteiger partial charge in [-0.1, -0.05) is 48.5 Å². The molecule has 2 aromatic carbocycles. The summed E-state index contributed by atoms with van der Waals surface area (Å²) in [6.07, 6.45) is 3.68. The van der Waals surface area contributed by atoms with Gasteiger partial charge in [-0.3, -0.25) is 15.0 Å². The van der Waals surface area contributed by atoms with E-state index in [0.717, 1.165) is 31.7 Å². The van der Waals surface area contributed by atoms with Gasteiger partial charge in [0.05, 0.1) is 5.69 Å². The Morgan fingerprint density at radius 2 is 1.96 bits per heavy atom. The van der Waals surface area contributed by atoms with Crippen molar-refractivity contribution in [3.63, 3.8) is 0 Å². The van der Waals surface area contributed by atoms with Gasteiger partial charge in [0.15, 0.2) is 5.13 Å². The van der Waals surface area contributed by atoms with Crippen molar-refractivity contribution in [1.29, 1.82) is 0 Å². The average molecular weight is 393 g/mol. The van der Waals surface area contributed by atoms with Crippen LogP contribution in [-0.4, -0.2) is 22.3 Å². The summed E-state index contributed by atoms with van der Waals surface area (Å²) in [7, 11) is 0. The SMILES string of the molecule is O=C(/C=C/c1ccccc1F)Nc1nc2c(s1)CN(Cc1ccccc1)CC2. The zero-order chi connectivity index (χ0) is 19.3. The monoisotopic (exact) mass is 393 g/mol. The van der Waals surface area contributed by atoms with Crippen molar-refractivity contribution in [2.75, 3.05) is 11.9 Å². The molecule has 2 heterocycles. The van der Waals surface area contributed by atoms with Gasteiger partial charge in [-0.2, -0.15) is 0 Å². The van der Waals surface area contributed by atoms with Crippen molar-refractivity contribution in [2.24, 2.45) is 0 Å². The molecule has 0 bridgehead atoms. The third kappa shape index (κ3) is 4.52. The maximum absolute atomic E-state index is 13.6. The highest BCUT2D eigenvalue weighted by molar-refractivity contribution is 7.15. The lowest BCUT2D eigenvalue weighted by molar-refractivity contribution is -0.111. The van der Waals surface area contributed by atoms with Crippen LogP contribution in [0.1, 0.15) is 21.7 Å². The van der Waals surface area contributed by atoms with Crippen LogP contribution in [0.25, 0.3) is 6.08 Å². The first kappa shape index (κ1) is 18.5. The molecule has 3 aromatic rings. The molecular weight excluding hydrogens is 373 g/mol. The Morgan fingerprint density at radius 3 is 2.79 bits per heavy atom. The molecule has 0 fully saturated rings. The molecular formula is C22H20FN3OS. The van der Waals surface area contributed by atoms with Gasteiger partial charge in [0, 0.05) is 42.6 Å². The summed E-state index contributed by atoms with van der Waals surface area (Å²) in [5.41, 5.74) is 2.73. The van der Waals surface area contributed by atoms with Gasteiger partial charge >= 0.3 is 0 Å². The number of anilines is 1. The van der Waals surface area contributed by atoms with E-state index in [2.05, 4.69) is 39.5 Å². The topological polar surface area (TPSA) is 45.2 Å². The number of hydrogen-bond acceptors (Lipinski definition) is 4. The minimum atomic E-state index is -0.352. The van der Waals surface area contributed by atoms with Gasteiger partial charge in [0.2, 0.25) is 5.91 Å². The third-order valence-electron chi connectivity index (χ3n) is 4.61. The summed E-state index contributed by atoms with van der Waals surface area (Å²) in [6, 6.07) is 16.8. The fourth-order valence-electron chi connectivity index (χ4n) is 3.20. The summed E-state index contributed by atoms with van der Waals surface area (Å²) in [5, 5.41) is 3.39. The lowest BCUT2D eigenvalue weighted by atomic mass is 10.1. The molecule has 0 radical (unpaired) electrons. The zero-order valence-electron chi connectivity index (χ0n) is 15.3. The van der Waals surface area contributed by atoms with Crippen LogP contribution < -0.4 is 5.32 Å². The Kier molecular flexibility index (Phi) is 5.60. The first-order valence-electron chi connectivity index (χ1n) is 9.16. The molecule has 1 aromatic heterocycles. The Balaban J connectivity index is 1.37. The first-order chi connectivity index (χ1) is 13.7. The summed E-state index contributed by atoms with van der Waals surface area (Å²) in [4.78, 5) is 20.3. The number of nitrogens with zero attached hydrogens (tertiary/aromatic N) is 2. The van der Waals surface area contributed by atoms with Crippen LogP contribution in [0.3, 0.4) is 0 Å². The number of carbonyl (C=O) groups is 1. The smallest absolute Gasteiger partial charge is 0.250 e. The van der Waals surface area contributed by atoms with E-state index in [4.69, 9.17) is 0 Å². The standard InChI is InChI=1S/C22H20FN3OS/c23-18-9-5-4-8-17(18)10-11-21(27)25-22-24-19-12-13-26(15-20(19)28-22)14-16-6-2-1-3-7-16/h1-11H,12-15H2,(H,24,25,27)/b11-10+. The van der Waals surface area contributed by atoms with Gasteiger partial charge in [0.1, 0.15) is 5.82 Å². The van der Waals surface area contributed by atoms with E-state index >= 15 is 0 Å². The van der Waals surface area contributed by atoms with E-state index in [1.165, 1.54) is 40.0 Å². The van der Waals surface area contributed by atoms with Gasteiger partial charge in [0.25, 0.3) is 0 Å². The molecule has 0 saturated heterocycles. The summed E-state index contributed by atoms with van der Waals surface area (Å²) >= 11 is 1.51. The lowest BCUT2D eigenvalue weighted by Gasteiger charge is -2.25. The summed E-state index contributed by atoms with van der Waals surface area (Å²) in [5.74, 6) is -0.662. The van der Waals surface area contributed by atoms with E-state index in [1.807, 2.05) is 6.07 Å². The molecule has 1 aliphatic heterocycles. The second-order valence-corrected chi connectivity index (χ2v) is 7.76. The van der Waals surface area contributed by atoms with E-state index in [9.17, 15) is 9.18 Å². The summed E-state index contributed by atoms with van der Waals surface area (Å²) in [6.45, 7) is 2.69. The van der Waals surface area contributed by atoms with Crippen molar-refractivity contribution in [1.82, 2.24) is 9.88 Å². The molecule has 142 valence electrons. The van der Waals surface area contributed by atoms with Crippen LogP contribution in [-0.2, 0) is 24.3 Å². The van der Waals surface area contributed by atoms with Crippen molar-refractivity contribution in [2.45, 2.75) is 19.5 Å². The molecule has 4 nitrogen and oxygen atoms in total. The molecule has 0 saturated carbocycles. The molecule has 1 N–H and O–H groups in total. The van der Waals surface area contributed by atoms with Gasteiger partial charge in [-0.15, -0.1) is 11.3 Å². The van der Waals surface area contributed by atoms with E-state index in [-0.39, 0.29) is 11.7 Å². The summed E-state index contributed by atoms with van der Waals surface area (Å²) < 4.78 is 13.6. The molecule has 6 heteroatoms. The number of nitrogens with one attached hydrogen (secondary N) is 1. The first-order valence-corrected chi connectivity index (χ1v) is 9.97. The van der Waals surface area contributed by atoms with Gasteiger partial charge in [-0.25, -0.2) is 9.37 Å². The fourth-order valence-corrected chi connectivity index (χ4v) is 4.25. The maximum Gasteiger partial charge on any atom is 0.250 e. The number of thiazole rings is 1. The molecule has 1 amide bonds. The van der Waals surface area contributed by atoms with Crippen LogP contribution in [0.2, 0.25) is 0 Å². The highest BCUT2D eigenvalue weighted by atomic mass is 32.1. The highest BCUT2D eigenvalue weighted by Gasteiger charge is 2.21. The van der Waals surface area contributed by atoms with E-state index in [1.54, 1.807) is 18.2 Å². The minimum absolute atomic E-state index is 0.310. The van der Waals surface area contributed by atoms with E-state index < -0.39 is 0 Å². The Bertz CT molecular complexity index is 1000. The molecule has 0 atom stereocenters. The van der Waals surface area contributed by atoms with Crippen molar-refractivity contribution in [3.8, 4) is 0 Å². The van der Waals surface area contributed by atoms with Crippen molar-refractivity contribution >= 4 is 28.5 Å². The van der Waals surface area contributed by atoms with Gasteiger partial charge in [-0.05, 0) is 17.7 Å². The number of aromatic nitrogens is 1. The van der Waals surface area contributed by atoms with Crippen LogP contribution in [0.15, 0.2) is 60.7 Å². The largest absolute Gasteiger partial charge is 0.298 e. The van der Waals surface area contributed by atoms with Gasteiger partial charge < -0.3 is 0 Å². The number of carbonyl (C=O) groups excluding carboxylic acids is 1. The molecule has 0 spiro atoms. The number of amides is 1. The number of benzene rings is 2. The molecule has 0 aliphatic carbocycles. The Labute approximate surface area is 167 Å². The van der Waals surface area contributed by atoms with Crippen LogP contribution in [0, 0.1) is 5.82 Å². The number of hydrogen-bond donors (Lipinski definition) is 1. The second kappa shape index (κ2) is 8.46. The molecule has 28 heavy (non-hydrogen) atoms. The minimum Gasteiger partial charge on any atom is -0.298 e.